The summed E-state index contributed by atoms with van der Waals surface area (Å²) in [4.78, 5) is 14.4. The predicted octanol–water partition coefficient (Wildman–Crippen LogP) is 2.03. The van der Waals surface area contributed by atoms with Crippen LogP contribution < -0.4 is 5.32 Å². The normalized spacial score (nSPS) is 25.0. The highest BCUT2D eigenvalue weighted by Crippen LogP contribution is 2.47. The van der Waals surface area contributed by atoms with Crippen LogP contribution in [0.3, 0.4) is 0 Å². The quantitative estimate of drug-likeness (QED) is 0.766. The topological polar surface area (TPSA) is 66.5 Å². The minimum atomic E-state index is -3.44. The van der Waals surface area contributed by atoms with Crippen molar-refractivity contribution in [2.24, 2.45) is 0 Å². The van der Waals surface area contributed by atoms with Crippen molar-refractivity contribution in [2.45, 2.75) is 12.3 Å². The molecule has 5 nitrogen and oxygen atoms in total. The van der Waals surface area contributed by atoms with E-state index in [4.69, 9.17) is 0 Å². The number of hydrogen-bond donors (Lipinski definition) is 1. The number of allylic oxidation sites excluding steroid dienone is 2. The van der Waals surface area contributed by atoms with Gasteiger partial charge in [-0.15, -0.1) is 0 Å². The average Bonchev–Trinajstić information content (AvgIpc) is 2.98. The second-order valence-electron chi connectivity index (χ2n) is 6.20. The number of nitrogens with zero attached hydrogens (tertiary/aromatic N) is 1. The number of nitrogens with one attached hydrogen (secondary N) is 1. The molecule has 0 aromatic heterocycles. The van der Waals surface area contributed by atoms with Crippen molar-refractivity contribution in [3.8, 4) is 0 Å². The average molecular weight is 413 g/mol. The third kappa shape index (κ3) is 2.16. The molecule has 0 saturated heterocycles. The standard InChI is InChI=1S/C16H14BrFN2O3S/c1-20-7-12-14(16(20)21)13(8-2-3-10(18)9(17)6-8)15-11(19-12)4-5-24(15,22)23/h2-3,6,13,19H,4-5,7H2,1H3. The van der Waals surface area contributed by atoms with Gasteiger partial charge in [0.05, 0.1) is 33.2 Å². The van der Waals surface area contributed by atoms with Crippen molar-refractivity contribution < 1.29 is 17.6 Å². The van der Waals surface area contributed by atoms with Gasteiger partial charge in [-0.2, -0.15) is 0 Å². The van der Waals surface area contributed by atoms with E-state index < -0.39 is 21.6 Å². The lowest BCUT2D eigenvalue weighted by Crippen LogP contribution is -2.27. The number of carbonyl (C=O) groups excluding carboxylic acids is 1. The summed E-state index contributed by atoms with van der Waals surface area (Å²) in [5.74, 6) is -1.27. The van der Waals surface area contributed by atoms with E-state index in [2.05, 4.69) is 21.2 Å². The molecule has 1 atom stereocenters. The van der Waals surface area contributed by atoms with Gasteiger partial charge in [-0.25, -0.2) is 12.8 Å². The van der Waals surface area contributed by atoms with E-state index in [1.54, 1.807) is 24.1 Å². The number of amides is 1. The molecule has 24 heavy (non-hydrogen) atoms. The molecule has 0 spiro atoms. The number of likely N-dealkylation sites (N-methyl/N-ethyl adjacent to an activating group) is 1. The summed E-state index contributed by atoms with van der Waals surface area (Å²) < 4.78 is 39.0. The van der Waals surface area contributed by atoms with Gasteiger partial charge in [0.1, 0.15) is 5.82 Å². The van der Waals surface area contributed by atoms with E-state index >= 15 is 0 Å². The van der Waals surface area contributed by atoms with Crippen molar-refractivity contribution in [3.63, 3.8) is 0 Å². The Hall–Kier alpha value is -1.67. The molecule has 0 aliphatic carbocycles. The molecule has 1 aromatic carbocycles. The summed E-state index contributed by atoms with van der Waals surface area (Å²) in [5.41, 5.74) is 2.44. The van der Waals surface area contributed by atoms with Gasteiger partial charge in [0.2, 0.25) is 0 Å². The zero-order chi connectivity index (χ0) is 17.2. The molecule has 3 aliphatic rings. The fourth-order valence-corrected chi connectivity index (χ4v) is 5.82. The maximum Gasteiger partial charge on any atom is 0.252 e. The molecule has 0 radical (unpaired) electrons. The largest absolute Gasteiger partial charge is 0.360 e. The SMILES string of the molecule is CN1CC2=C(C1=O)C(c1ccc(F)c(Br)c1)C1=C(CCS1(=O)=O)N2. The summed E-state index contributed by atoms with van der Waals surface area (Å²) in [7, 11) is -1.76. The first-order chi connectivity index (χ1) is 11.3. The van der Waals surface area contributed by atoms with E-state index in [9.17, 15) is 17.6 Å². The summed E-state index contributed by atoms with van der Waals surface area (Å²) in [6.07, 6.45) is 0.408. The monoisotopic (exact) mass is 412 g/mol. The summed E-state index contributed by atoms with van der Waals surface area (Å²) in [5, 5.41) is 3.15. The molecule has 1 aromatic rings. The Balaban J connectivity index is 1.95. The molecule has 0 bridgehead atoms. The third-order valence-corrected chi connectivity index (χ3v) is 7.18. The van der Waals surface area contributed by atoms with Gasteiger partial charge in [0, 0.05) is 24.9 Å². The van der Waals surface area contributed by atoms with Gasteiger partial charge in [-0.05, 0) is 33.6 Å². The first-order valence-electron chi connectivity index (χ1n) is 7.46. The number of halogens is 2. The van der Waals surface area contributed by atoms with Gasteiger partial charge >= 0.3 is 0 Å². The number of dihydropyridines is 1. The summed E-state index contributed by atoms with van der Waals surface area (Å²) in [6, 6.07) is 4.39. The molecule has 1 unspecified atom stereocenters. The van der Waals surface area contributed by atoms with Crippen LogP contribution in [-0.2, 0) is 14.6 Å². The summed E-state index contributed by atoms with van der Waals surface area (Å²) >= 11 is 3.15. The zero-order valence-electron chi connectivity index (χ0n) is 12.8. The van der Waals surface area contributed by atoms with Crippen LogP contribution >= 0.6 is 15.9 Å². The fraction of sp³-hybridized carbons (Fsp3) is 0.312. The minimum Gasteiger partial charge on any atom is -0.360 e. The maximum absolute atomic E-state index is 13.6. The van der Waals surface area contributed by atoms with Gasteiger partial charge in [-0.1, -0.05) is 6.07 Å². The zero-order valence-corrected chi connectivity index (χ0v) is 15.2. The lowest BCUT2D eigenvalue weighted by molar-refractivity contribution is -0.124. The van der Waals surface area contributed by atoms with Crippen LogP contribution in [0.4, 0.5) is 4.39 Å². The van der Waals surface area contributed by atoms with Crippen molar-refractivity contribution >= 4 is 31.7 Å². The second kappa shape index (κ2) is 5.16. The lowest BCUT2D eigenvalue weighted by Gasteiger charge is -2.26. The van der Waals surface area contributed by atoms with E-state index in [0.717, 1.165) is 5.70 Å². The predicted molar refractivity (Wildman–Crippen MR) is 90.1 cm³/mol. The van der Waals surface area contributed by atoms with Crippen LogP contribution in [0.1, 0.15) is 17.9 Å². The number of carbonyl (C=O) groups is 1. The van der Waals surface area contributed by atoms with Crippen molar-refractivity contribution in [1.29, 1.82) is 0 Å². The molecule has 1 amide bonds. The van der Waals surface area contributed by atoms with Crippen LogP contribution in [0.25, 0.3) is 0 Å². The van der Waals surface area contributed by atoms with Crippen LogP contribution in [0.15, 0.2) is 44.5 Å². The Morgan fingerprint density at radius 3 is 2.79 bits per heavy atom. The van der Waals surface area contributed by atoms with E-state index in [1.807, 2.05) is 0 Å². The molecule has 1 N–H and O–H groups in total. The van der Waals surface area contributed by atoms with Gasteiger partial charge < -0.3 is 10.2 Å². The van der Waals surface area contributed by atoms with Crippen LogP contribution in [0, 0.1) is 5.82 Å². The van der Waals surface area contributed by atoms with E-state index in [1.165, 1.54) is 6.07 Å². The van der Waals surface area contributed by atoms with E-state index in [0.29, 0.717) is 29.8 Å². The molecular weight excluding hydrogens is 399 g/mol. The van der Waals surface area contributed by atoms with Crippen LogP contribution in [0.2, 0.25) is 0 Å². The number of sulfone groups is 1. The maximum atomic E-state index is 13.6. The second-order valence-corrected chi connectivity index (χ2v) is 9.13. The van der Waals surface area contributed by atoms with E-state index in [-0.39, 0.29) is 21.0 Å². The summed E-state index contributed by atoms with van der Waals surface area (Å²) in [6.45, 7) is 0.420. The number of hydrogen-bond acceptors (Lipinski definition) is 4. The van der Waals surface area contributed by atoms with Gasteiger partial charge in [0.25, 0.3) is 5.91 Å². The molecule has 3 heterocycles. The number of benzene rings is 1. The van der Waals surface area contributed by atoms with Gasteiger partial charge in [-0.3, -0.25) is 4.79 Å². The van der Waals surface area contributed by atoms with Crippen molar-refractivity contribution in [1.82, 2.24) is 10.2 Å². The molecule has 126 valence electrons. The highest BCUT2D eigenvalue weighted by atomic mass is 79.9. The first-order valence-corrected chi connectivity index (χ1v) is 9.90. The molecular formula is C16H14BrFN2O3S. The Bertz CT molecular complexity index is 952. The fourth-order valence-electron chi connectivity index (χ4n) is 3.59. The third-order valence-electron chi connectivity index (χ3n) is 4.68. The number of rotatable bonds is 1. The molecule has 3 aliphatic heterocycles. The Morgan fingerprint density at radius 1 is 1.33 bits per heavy atom. The molecule has 0 fully saturated rings. The molecule has 0 saturated carbocycles. The minimum absolute atomic E-state index is 0.0358. The Morgan fingerprint density at radius 2 is 2.08 bits per heavy atom. The highest BCUT2D eigenvalue weighted by molar-refractivity contribution is 9.10. The smallest absolute Gasteiger partial charge is 0.252 e. The highest BCUT2D eigenvalue weighted by Gasteiger charge is 2.46. The molecule has 4 rings (SSSR count). The van der Waals surface area contributed by atoms with Crippen LogP contribution in [0.5, 0.6) is 0 Å². The molecule has 8 heteroatoms. The lowest BCUT2D eigenvalue weighted by atomic mass is 9.86. The van der Waals surface area contributed by atoms with Crippen molar-refractivity contribution in [2.75, 3.05) is 19.3 Å². The van der Waals surface area contributed by atoms with Gasteiger partial charge in [0.15, 0.2) is 9.84 Å². The Kier molecular flexibility index (Phi) is 3.41. The van der Waals surface area contributed by atoms with Crippen LogP contribution in [-0.4, -0.2) is 38.6 Å². The Labute approximate surface area is 147 Å². The van der Waals surface area contributed by atoms with Crippen molar-refractivity contribution in [3.05, 3.63) is 55.9 Å². The first kappa shape index (κ1) is 15.8.